The van der Waals surface area contributed by atoms with Crippen molar-refractivity contribution in [2.75, 3.05) is 7.05 Å². The Labute approximate surface area is 115 Å². The summed E-state index contributed by atoms with van der Waals surface area (Å²) in [5.41, 5.74) is 6.43. The van der Waals surface area contributed by atoms with Crippen LogP contribution in [0.2, 0.25) is 0 Å². The van der Waals surface area contributed by atoms with Gasteiger partial charge in [0.05, 0.1) is 5.69 Å². The Bertz CT molecular complexity index is 538. The second-order valence-corrected chi connectivity index (χ2v) is 4.83. The van der Waals surface area contributed by atoms with Gasteiger partial charge in [-0.1, -0.05) is 38.1 Å². The van der Waals surface area contributed by atoms with Gasteiger partial charge in [0.2, 0.25) is 0 Å². The number of nitrogens with one attached hydrogen (secondary N) is 1. The molecule has 2 rings (SSSR count). The van der Waals surface area contributed by atoms with E-state index in [-0.39, 0.29) is 0 Å². The summed E-state index contributed by atoms with van der Waals surface area (Å²) in [5.74, 6) is 0. The minimum Gasteiger partial charge on any atom is -0.316 e. The van der Waals surface area contributed by atoms with Crippen LogP contribution in [0.15, 0.2) is 24.3 Å². The van der Waals surface area contributed by atoms with E-state index >= 15 is 0 Å². The Kier molecular flexibility index (Phi) is 4.38. The van der Waals surface area contributed by atoms with E-state index < -0.39 is 0 Å². The van der Waals surface area contributed by atoms with E-state index in [1.165, 1.54) is 28.1 Å². The molecule has 0 radical (unpaired) electrons. The molecule has 3 heteroatoms. The van der Waals surface area contributed by atoms with Gasteiger partial charge in [-0.25, -0.2) is 0 Å². The molecule has 0 unspecified atom stereocenters. The van der Waals surface area contributed by atoms with Crippen molar-refractivity contribution in [3.63, 3.8) is 0 Å². The Morgan fingerprint density at radius 2 is 1.79 bits per heavy atom. The molecule has 0 atom stereocenters. The van der Waals surface area contributed by atoms with E-state index in [4.69, 9.17) is 0 Å². The molecular weight excluding hydrogens is 234 g/mol. The summed E-state index contributed by atoms with van der Waals surface area (Å²) in [5, 5.41) is 7.82. The van der Waals surface area contributed by atoms with Crippen LogP contribution in [0.4, 0.5) is 0 Å². The molecule has 0 bridgehead atoms. The van der Waals surface area contributed by atoms with Crippen LogP contribution < -0.4 is 5.32 Å². The molecule has 1 N–H and O–H groups in total. The Hall–Kier alpha value is -1.61. The van der Waals surface area contributed by atoms with E-state index in [9.17, 15) is 0 Å². The van der Waals surface area contributed by atoms with Gasteiger partial charge in [-0.2, -0.15) is 5.10 Å². The number of aromatic nitrogens is 2. The maximum Gasteiger partial charge on any atom is 0.0703 e. The van der Waals surface area contributed by atoms with Gasteiger partial charge in [-0.3, -0.25) is 4.68 Å². The molecular formula is C16H23N3. The van der Waals surface area contributed by atoms with Crippen molar-refractivity contribution in [3.8, 4) is 11.1 Å². The van der Waals surface area contributed by atoms with E-state index in [1.54, 1.807) is 0 Å². The molecule has 3 nitrogen and oxygen atoms in total. The van der Waals surface area contributed by atoms with Crippen LogP contribution in [-0.4, -0.2) is 16.8 Å². The second-order valence-electron chi connectivity index (χ2n) is 4.83. The summed E-state index contributed by atoms with van der Waals surface area (Å²) >= 11 is 0. The second kappa shape index (κ2) is 6.02. The first-order valence-corrected chi connectivity index (χ1v) is 6.99. The van der Waals surface area contributed by atoms with Crippen LogP contribution in [0.1, 0.15) is 30.8 Å². The average Bonchev–Trinajstić information content (AvgIpc) is 2.76. The standard InChI is InChI=1S/C16H23N3/c1-5-14-16(15(6-2)19(4)18-14)13-9-7-12(8-10-13)11-17-3/h7-10,17H,5-6,11H2,1-4H3. The van der Waals surface area contributed by atoms with E-state index in [0.717, 1.165) is 19.4 Å². The van der Waals surface area contributed by atoms with Gasteiger partial charge < -0.3 is 5.32 Å². The lowest BCUT2D eigenvalue weighted by Gasteiger charge is -2.07. The van der Waals surface area contributed by atoms with Crippen LogP contribution >= 0.6 is 0 Å². The van der Waals surface area contributed by atoms with Crippen LogP contribution in [0.25, 0.3) is 11.1 Å². The predicted octanol–water partition coefficient (Wildman–Crippen LogP) is 2.93. The van der Waals surface area contributed by atoms with Crippen LogP contribution in [-0.2, 0) is 26.4 Å². The summed E-state index contributed by atoms with van der Waals surface area (Å²) < 4.78 is 2.02. The van der Waals surface area contributed by atoms with Gasteiger partial charge in [-0.15, -0.1) is 0 Å². The molecule has 19 heavy (non-hydrogen) atoms. The van der Waals surface area contributed by atoms with Gasteiger partial charge in [0.25, 0.3) is 0 Å². The van der Waals surface area contributed by atoms with E-state index in [1.807, 2.05) is 18.8 Å². The van der Waals surface area contributed by atoms with E-state index in [2.05, 4.69) is 48.5 Å². The zero-order chi connectivity index (χ0) is 13.8. The number of hydrogen-bond acceptors (Lipinski definition) is 2. The molecule has 0 aliphatic heterocycles. The summed E-state index contributed by atoms with van der Waals surface area (Å²) in [4.78, 5) is 0. The monoisotopic (exact) mass is 257 g/mol. The first-order chi connectivity index (χ1) is 9.21. The number of rotatable bonds is 5. The SMILES string of the molecule is CCc1nn(C)c(CC)c1-c1ccc(CNC)cc1. The minimum absolute atomic E-state index is 0.911. The quantitative estimate of drug-likeness (QED) is 0.892. The van der Waals surface area contributed by atoms with Crippen molar-refractivity contribution < 1.29 is 0 Å². The van der Waals surface area contributed by atoms with Crippen LogP contribution in [0.3, 0.4) is 0 Å². The summed E-state index contributed by atoms with van der Waals surface area (Å²) in [6, 6.07) is 8.80. The third-order valence-electron chi connectivity index (χ3n) is 3.53. The molecule has 2 aromatic rings. The van der Waals surface area contributed by atoms with Crippen LogP contribution in [0.5, 0.6) is 0 Å². The van der Waals surface area contributed by atoms with Gasteiger partial charge in [0, 0.05) is 24.8 Å². The lowest BCUT2D eigenvalue weighted by Crippen LogP contribution is -2.04. The zero-order valence-corrected chi connectivity index (χ0v) is 12.3. The molecule has 0 fully saturated rings. The third kappa shape index (κ3) is 2.71. The molecule has 0 aliphatic rings. The molecule has 0 amide bonds. The average molecular weight is 257 g/mol. The van der Waals surface area contributed by atoms with E-state index in [0.29, 0.717) is 0 Å². The highest BCUT2D eigenvalue weighted by molar-refractivity contribution is 5.69. The smallest absolute Gasteiger partial charge is 0.0703 e. The highest BCUT2D eigenvalue weighted by Gasteiger charge is 2.15. The number of benzene rings is 1. The fraction of sp³-hybridized carbons (Fsp3) is 0.438. The summed E-state index contributed by atoms with van der Waals surface area (Å²) in [6.07, 6.45) is 1.98. The summed E-state index contributed by atoms with van der Waals surface area (Å²) in [7, 11) is 4.01. The molecule has 0 spiro atoms. The fourth-order valence-electron chi connectivity index (χ4n) is 2.60. The first-order valence-electron chi connectivity index (χ1n) is 6.99. The number of aryl methyl sites for hydroxylation is 2. The van der Waals surface area contributed by atoms with Crippen molar-refractivity contribution in [1.29, 1.82) is 0 Å². The fourth-order valence-corrected chi connectivity index (χ4v) is 2.60. The highest BCUT2D eigenvalue weighted by Crippen LogP contribution is 2.28. The third-order valence-corrected chi connectivity index (χ3v) is 3.53. The van der Waals surface area contributed by atoms with Crippen molar-refractivity contribution in [1.82, 2.24) is 15.1 Å². The Morgan fingerprint density at radius 3 is 2.32 bits per heavy atom. The highest BCUT2D eigenvalue weighted by atomic mass is 15.3. The molecule has 0 saturated heterocycles. The number of hydrogen-bond donors (Lipinski definition) is 1. The van der Waals surface area contributed by atoms with Crippen molar-refractivity contribution >= 4 is 0 Å². The molecule has 0 aliphatic carbocycles. The lowest BCUT2D eigenvalue weighted by molar-refractivity contribution is 0.705. The minimum atomic E-state index is 0.911. The molecule has 102 valence electrons. The van der Waals surface area contributed by atoms with Gasteiger partial charge >= 0.3 is 0 Å². The maximum absolute atomic E-state index is 4.64. The lowest BCUT2D eigenvalue weighted by atomic mass is 9.99. The predicted molar refractivity (Wildman–Crippen MR) is 80.2 cm³/mol. The molecule has 1 aromatic heterocycles. The Morgan fingerprint density at radius 1 is 1.11 bits per heavy atom. The van der Waals surface area contributed by atoms with Crippen molar-refractivity contribution in [3.05, 3.63) is 41.2 Å². The normalized spacial score (nSPS) is 10.9. The van der Waals surface area contributed by atoms with Crippen molar-refractivity contribution in [2.24, 2.45) is 7.05 Å². The Balaban J connectivity index is 2.45. The van der Waals surface area contributed by atoms with Gasteiger partial charge in [-0.05, 0) is 31.0 Å². The maximum atomic E-state index is 4.64. The summed E-state index contributed by atoms with van der Waals surface area (Å²) in [6.45, 7) is 5.27. The van der Waals surface area contributed by atoms with Gasteiger partial charge in [0.15, 0.2) is 0 Å². The van der Waals surface area contributed by atoms with Crippen molar-refractivity contribution in [2.45, 2.75) is 33.2 Å². The van der Waals surface area contributed by atoms with Crippen LogP contribution in [0, 0.1) is 0 Å². The number of nitrogens with zero attached hydrogens (tertiary/aromatic N) is 2. The molecule has 0 saturated carbocycles. The topological polar surface area (TPSA) is 29.9 Å². The molecule has 1 aromatic carbocycles. The first kappa shape index (κ1) is 13.8. The zero-order valence-electron chi connectivity index (χ0n) is 12.3. The van der Waals surface area contributed by atoms with Gasteiger partial charge in [0.1, 0.15) is 0 Å². The molecule has 1 heterocycles. The largest absolute Gasteiger partial charge is 0.316 e.